The highest BCUT2D eigenvalue weighted by atomic mass is 35.5. The SMILES string of the molecule is CC[C@H](Oc1ccc(=O)n(-c2cc(Cl)ccc2C)n1)C(=O)NCCC(C)C. The molecule has 1 aromatic carbocycles. The maximum absolute atomic E-state index is 12.3. The van der Waals surface area contributed by atoms with Gasteiger partial charge in [0.15, 0.2) is 6.10 Å². The van der Waals surface area contributed by atoms with Gasteiger partial charge in [0.25, 0.3) is 11.5 Å². The lowest BCUT2D eigenvalue weighted by molar-refractivity contribution is -0.128. The molecule has 1 N–H and O–H groups in total. The summed E-state index contributed by atoms with van der Waals surface area (Å²) < 4.78 is 6.99. The van der Waals surface area contributed by atoms with E-state index in [1.807, 2.05) is 19.9 Å². The summed E-state index contributed by atoms with van der Waals surface area (Å²) in [7, 11) is 0. The van der Waals surface area contributed by atoms with Gasteiger partial charge in [-0.2, -0.15) is 4.68 Å². The Morgan fingerprint density at radius 2 is 2.04 bits per heavy atom. The van der Waals surface area contributed by atoms with Crippen LogP contribution in [0.4, 0.5) is 0 Å². The Kier molecular flexibility index (Phi) is 7.42. The lowest BCUT2D eigenvalue weighted by Crippen LogP contribution is -2.39. The second kappa shape index (κ2) is 9.55. The minimum Gasteiger partial charge on any atom is -0.463 e. The van der Waals surface area contributed by atoms with Gasteiger partial charge in [0.2, 0.25) is 5.88 Å². The van der Waals surface area contributed by atoms with Crippen molar-refractivity contribution in [3.63, 3.8) is 0 Å². The van der Waals surface area contributed by atoms with Gasteiger partial charge in [0.1, 0.15) is 0 Å². The Balaban J connectivity index is 2.20. The van der Waals surface area contributed by atoms with Gasteiger partial charge in [0, 0.05) is 23.7 Å². The molecule has 0 unspecified atom stereocenters. The molecule has 2 aromatic rings. The summed E-state index contributed by atoms with van der Waals surface area (Å²) in [6.07, 6.45) is 0.722. The molecule has 1 heterocycles. The van der Waals surface area contributed by atoms with E-state index in [4.69, 9.17) is 16.3 Å². The molecule has 146 valence electrons. The third-order valence-electron chi connectivity index (χ3n) is 4.12. The molecular weight excluding hydrogens is 366 g/mol. The normalized spacial score (nSPS) is 12.1. The predicted octanol–water partition coefficient (Wildman–Crippen LogP) is 3.51. The number of rotatable bonds is 8. The Hall–Kier alpha value is -2.34. The number of aromatic nitrogens is 2. The van der Waals surface area contributed by atoms with Gasteiger partial charge in [-0.05, 0) is 43.4 Å². The Morgan fingerprint density at radius 1 is 1.30 bits per heavy atom. The van der Waals surface area contributed by atoms with Gasteiger partial charge in [-0.15, -0.1) is 5.10 Å². The van der Waals surface area contributed by atoms with E-state index in [1.165, 1.54) is 16.8 Å². The lowest BCUT2D eigenvalue weighted by Gasteiger charge is -2.18. The molecule has 2 rings (SSSR count). The van der Waals surface area contributed by atoms with Crippen LogP contribution >= 0.6 is 11.6 Å². The van der Waals surface area contributed by atoms with E-state index in [2.05, 4.69) is 24.3 Å². The summed E-state index contributed by atoms with van der Waals surface area (Å²) in [4.78, 5) is 24.6. The van der Waals surface area contributed by atoms with Crippen LogP contribution in [0.5, 0.6) is 5.88 Å². The number of carbonyl (C=O) groups is 1. The molecule has 0 bridgehead atoms. The van der Waals surface area contributed by atoms with Crippen molar-refractivity contribution in [3.8, 4) is 11.6 Å². The minimum atomic E-state index is -0.670. The molecule has 0 fully saturated rings. The van der Waals surface area contributed by atoms with Crippen molar-refractivity contribution in [1.29, 1.82) is 0 Å². The van der Waals surface area contributed by atoms with Crippen LogP contribution in [-0.4, -0.2) is 28.3 Å². The van der Waals surface area contributed by atoms with E-state index in [9.17, 15) is 9.59 Å². The molecule has 0 radical (unpaired) electrons. The molecular formula is C20H26ClN3O3. The van der Waals surface area contributed by atoms with Crippen molar-refractivity contribution in [2.75, 3.05) is 6.54 Å². The fourth-order valence-electron chi connectivity index (χ4n) is 2.51. The van der Waals surface area contributed by atoms with Gasteiger partial charge < -0.3 is 10.1 Å². The molecule has 6 nitrogen and oxygen atoms in total. The second-order valence-electron chi connectivity index (χ2n) is 6.84. The molecule has 0 spiro atoms. The zero-order valence-electron chi connectivity index (χ0n) is 16.2. The van der Waals surface area contributed by atoms with Crippen LogP contribution in [0.3, 0.4) is 0 Å². The first-order valence-electron chi connectivity index (χ1n) is 9.13. The van der Waals surface area contributed by atoms with Gasteiger partial charge in [-0.25, -0.2) is 0 Å². The van der Waals surface area contributed by atoms with Crippen LogP contribution in [0.2, 0.25) is 5.02 Å². The minimum absolute atomic E-state index is 0.184. The van der Waals surface area contributed by atoms with E-state index in [1.54, 1.807) is 12.1 Å². The molecule has 0 aliphatic carbocycles. The second-order valence-corrected chi connectivity index (χ2v) is 7.28. The molecule has 0 saturated carbocycles. The molecule has 1 aromatic heterocycles. The first-order chi connectivity index (χ1) is 12.8. The van der Waals surface area contributed by atoms with Crippen LogP contribution in [0.15, 0.2) is 35.1 Å². The topological polar surface area (TPSA) is 73.2 Å². The van der Waals surface area contributed by atoms with E-state index in [0.29, 0.717) is 29.6 Å². The summed E-state index contributed by atoms with van der Waals surface area (Å²) in [6.45, 7) is 8.54. The van der Waals surface area contributed by atoms with Crippen LogP contribution in [-0.2, 0) is 4.79 Å². The number of ether oxygens (including phenoxy) is 1. The summed E-state index contributed by atoms with van der Waals surface area (Å²) in [5.41, 5.74) is 1.12. The van der Waals surface area contributed by atoms with Gasteiger partial charge in [-0.1, -0.05) is 38.4 Å². The van der Waals surface area contributed by atoms with Crippen molar-refractivity contribution in [1.82, 2.24) is 15.1 Å². The number of amides is 1. The highest BCUT2D eigenvalue weighted by molar-refractivity contribution is 6.30. The van der Waals surface area contributed by atoms with E-state index in [-0.39, 0.29) is 17.3 Å². The molecule has 0 saturated heterocycles. The Bertz CT molecular complexity index is 849. The molecule has 1 atom stereocenters. The summed E-state index contributed by atoms with van der Waals surface area (Å²) in [6, 6.07) is 8.08. The standard InChI is InChI=1S/C20H26ClN3O3/c1-5-17(20(26)22-11-10-13(2)3)27-18-8-9-19(25)24(23-18)16-12-15(21)7-6-14(16)4/h6-9,12-13,17H,5,10-11H2,1-4H3,(H,22,26)/t17-/m0/s1. The zero-order valence-corrected chi connectivity index (χ0v) is 16.9. The van der Waals surface area contributed by atoms with Crippen LogP contribution in [0.25, 0.3) is 5.69 Å². The highest BCUT2D eigenvalue weighted by Gasteiger charge is 2.19. The van der Waals surface area contributed by atoms with E-state index >= 15 is 0 Å². The number of hydrogen-bond acceptors (Lipinski definition) is 4. The lowest BCUT2D eigenvalue weighted by atomic mass is 10.1. The number of aryl methyl sites for hydroxylation is 1. The average molecular weight is 392 g/mol. The first-order valence-corrected chi connectivity index (χ1v) is 9.51. The highest BCUT2D eigenvalue weighted by Crippen LogP contribution is 2.18. The number of benzene rings is 1. The summed E-state index contributed by atoms with van der Waals surface area (Å²) in [5, 5.41) is 7.65. The van der Waals surface area contributed by atoms with Crippen LogP contribution < -0.4 is 15.6 Å². The van der Waals surface area contributed by atoms with E-state index < -0.39 is 6.10 Å². The molecule has 0 aliphatic rings. The molecule has 1 amide bonds. The van der Waals surface area contributed by atoms with Crippen LogP contribution in [0, 0.1) is 12.8 Å². The largest absolute Gasteiger partial charge is 0.463 e. The van der Waals surface area contributed by atoms with Gasteiger partial charge in [-0.3, -0.25) is 9.59 Å². The van der Waals surface area contributed by atoms with Gasteiger partial charge in [0.05, 0.1) is 5.69 Å². The first kappa shape index (κ1) is 21.0. The van der Waals surface area contributed by atoms with E-state index in [0.717, 1.165) is 12.0 Å². The van der Waals surface area contributed by atoms with Crippen LogP contribution in [0.1, 0.15) is 39.2 Å². The molecule has 0 aliphatic heterocycles. The Labute approximate surface area is 164 Å². The predicted molar refractivity (Wildman–Crippen MR) is 107 cm³/mol. The fraction of sp³-hybridized carbons (Fsp3) is 0.450. The smallest absolute Gasteiger partial charge is 0.271 e. The number of hydrogen-bond donors (Lipinski definition) is 1. The third-order valence-corrected chi connectivity index (χ3v) is 4.36. The molecule has 27 heavy (non-hydrogen) atoms. The number of nitrogens with one attached hydrogen (secondary N) is 1. The average Bonchev–Trinajstić information content (AvgIpc) is 2.62. The fourth-order valence-corrected chi connectivity index (χ4v) is 2.67. The van der Waals surface area contributed by atoms with Crippen molar-refractivity contribution >= 4 is 17.5 Å². The van der Waals surface area contributed by atoms with Gasteiger partial charge >= 0.3 is 0 Å². The monoisotopic (exact) mass is 391 g/mol. The Morgan fingerprint density at radius 3 is 2.70 bits per heavy atom. The third kappa shape index (κ3) is 5.82. The van der Waals surface area contributed by atoms with Crippen molar-refractivity contribution in [2.45, 2.75) is 46.6 Å². The quantitative estimate of drug-likeness (QED) is 0.747. The summed E-state index contributed by atoms with van der Waals surface area (Å²) in [5.74, 6) is 0.536. The number of halogens is 1. The maximum Gasteiger partial charge on any atom is 0.271 e. The van der Waals surface area contributed by atoms with Crippen molar-refractivity contribution in [3.05, 3.63) is 51.3 Å². The zero-order chi connectivity index (χ0) is 20.0. The molecule has 7 heteroatoms. The van der Waals surface area contributed by atoms with Crippen molar-refractivity contribution in [2.24, 2.45) is 5.92 Å². The number of nitrogens with zero attached hydrogens (tertiary/aromatic N) is 2. The maximum atomic E-state index is 12.3. The number of carbonyl (C=O) groups excluding carboxylic acids is 1. The summed E-state index contributed by atoms with van der Waals surface area (Å²) >= 11 is 6.05. The van der Waals surface area contributed by atoms with Crippen molar-refractivity contribution < 1.29 is 9.53 Å².